The van der Waals surface area contributed by atoms with Gasteiger partial charge in [-0.3, -0.25) is 0 Å². The van der Waals surface area contributed by atoms with Crippen molar-refractivity contribution in [2.24, 2.45) is 0 Å². The number of hydrogen-bond donors (Lipinski definition) is 1. The van der Waals surface area contributed by atoms with Gasteiger partial charge in [-0.1, -0.05) is 24.6 Å². The van der Waals surface area contributed by atoms with Crippen LogP contribution < -0.4 is 4.74 Å². The first-order valence-corrected chi connectivity index (χ1v) is 9.38. The quantitative estimate of drug-likeness (QED) is 0.890. The Kier molecular flexibility index (Phi) is 4.99. The number of benzene rings is 2. The molecule has 0 aliphatic rings. The number of rotatable bonds is 5. The highest BCUT2D eigenvalue weighted by atomic mass is 32.2. The van der Waals surface area contributed by atoms with Gasteiger partial charge in [0.25, 0.3) is 0 Å². The second kappa shape index (κ2) is 6.65. The van der Waals surface area contributed by atoms with Gasteiger partial charge in [-0.2, -0.15) is 0 Å². The summed E-state index contributed by atoms with van der Waals surface area (Å²) in [6, 6.07) is 8.25. The fourth-order valence-electron chi connectivity index (χ4n) is 2.50. The standard InChI is InChI=1S/C18H20O5S/c1-5-13-9-16(23-15-7-6-11(2)8-12(15)3)17(24(4,21)22)10-14(13)18(19)20/h6-10H,5H2,1-4H3,(H,19,20). The number of hydrogen-bond acceptors (Lipinski definition) is 4. The highest BCUT2D eigenvalue weighted by Gasteiger charge is 2.21. The molecule has 0 aromatic heterocycles. The first-order valence-electron chi connectivity index (χ1n) is 7.49. The fourth-order valence-corrected chi connectivity index (χ4v) is 3.29. The summed E-state index contributed by atoms with van der Waals surface area (Å²) < 4.78 is 30.0. The Balaban J connectivity index is 2.65. The van der Waals surface area contributed by atoms with Gasteiger partial charge in [-0.05, 0) is 49.6 Å². The number of carbonyl (C=O) groups is 1. The van der Waals surface area contributed by atoms with E-state index in [1.807, 2.05) is 32.9 Å². The average molecular weight is 348 g/mol. The van der Waals surface area contributed by atoms with Crippen LogP contribution in [0.25, 0.3) is 0 Å². The van der Waals surface area contributed by atoms with Crippen molar-refractivity contribution in [3.05, 3.63) is 52.6 Å². The summed E-state index contributed by atoms with van der Waals surface area (Å²) in [5.74, 6) is -0.475. The highest BCUT2D eigenvalue weighted by Crippen LogP contribution is 2.34. The number of carboxylic acids is 1. The molecule has 5 nitrogen and oxygen atoms in total. The molecule has 0 saturated carbocycles. The molecule has 0 heterocycles. The Hall–Kier alpha value is -2.34. The van der Waals surface area contributed by atoms with Crippen LogP contribution in [0.5, 0.6) is 11.5 Å². The van der Waals surface area contributed by atoms with E-state index in [1.165, 1.54) is 12.1 Å². The molecule has 0 aliphatic heterocycles. The Morgan fingerprint density at radius 1 is 1.12 bits per heavy atom. The Labute approximate surface area is 141 Å². The molecule has 6 heteroatoms. The van der Waals surface area contributed by atoms with E-state index in [4.69, 9.17) is 4.74 Å². The molecule has 128 valence electrons. The van der Waals surface area contributed by atoms with Crippen LogP contribution in [-0.2, 0) is 16.3 Å². The van der Waals surface area contributed by atoms with Gasteiger partial charge in [0.05, 0.1) is 5.56 Å². The molecule has 24 heavy (non-hydrogen) atoms. The molecule has 2 aromatic rings. The van der Waals surface area contributed by atoms with E-state index in [1.54, 1.807) is 6.07 Å². The predicted molar refractivity (Wildman–Crippen MR) is 91.9 cm³/mol. The Bertz CT molecular complexity index is 898. The molecule has 0 aliphatic carbocycles. The predicted octanol–water partition coefficient (Wildman–Crippen LogP) is 3.76. The zero-order chi connectivity index (χ0) is 18.1. The van der Waals surface area contributed by atoms with Gasteiger partial charge in [0.15, 0.2) is 9.84 Å². The van der Waals surface area contributed by atoms with Crippen molar-refractivity contribution in [3.63, 3.8) is 0 Å². The van der Waals surface area contributed by atoms with Crippen LogP contribution in [0.2, 0.25) is 0 Å². The minimum atomic E-state index is -3.64. The molecule has 0 fully saturated rings. The molecule has 1 N–H and O–H groups in total. The van der Waals surface area contributed by atoms with Crippen molar-refractivity contribution in [2.45, 2.75) is 32.1 Å². The van der Waals surface area contributed by atoms with Gasteiger partial charge in [0.2, 0.25) is 0 Å². The summed E-state index contributed by atoms with van der Waals surface area (Å²) in [4.78, 5) is 11.3. The first-order chi connectivity index (χ1) is 11.1. The van der Waals surface area contributed by atoms with Crippen LogP contribution in [0, 0.1) is 13.8 Å². The van der Waals surface area contributed by atoms with Crippen molar-refractivity contribution in [3.8, 4) is 11.5 Å². The van der Waals surface area contributed by atoms with Crippen LogP contribution in [-0.4, -0.2) is 25.7 Å². The summed E-state index contributed by atoms with van der Waals surface area (Å²) in [7, 11) is -3.64. The molecule has 2 rings (SSSR count). The lowest BCUT2D eigenvalue weighted by Crippen LogP contribution is -2.08. The Morgan fingerprint density at radius 3 is 2.29 bits per heavy atom. The third-order valence-corrected chi connectivity index (χ3v) is 4.85. The minimum absolute atomic E-state index is 0.0223. The van der Waals surface area contributed by atoms with E-state index in [2.05, 4.69) is 0 Å². The van der Waals surface area contributed by atoms with Gasteiger partial charge in [-0.15, -0.1) is 0 Å². The van der Waals surface area contributed by atoms with Gasteiger partial charge in [-0.25, -0.2) is 13.2 Å². The molecule has 0 radical (unpaired) electrons. The SMILES string of the molecule is CCc1cc(Oc2ccc(C)cc2C)c(S(C)(=O)=O)cc1C(=O)O. The molecule has 2 aromatic carbocycles. The average Bonchev–Trinajstić information content (AvgIpc) is 2.48. The first kappa shape index (κ1) is 18.0. The van der Waals surface area contributed by atoms with Crippen LogP contribution in [0.15, 0.2) is 35.2 Å². The summed E-state index contributed by atoms with van der Waals surface area (Å²) in [6.45, 7) is 5.63. The van der Waals surface area contributed by atoms with Gasteiger partial charge < -0.3 is 9.84 Å². The van der Waals surface area contributed by atoms with Gasteiger partial charge in [0.1, 0.15) is 16.4 Å². The van der Waals surface area contributed by atoms with E-state index in [0.29, 0.717) is 17.7 Å². The molecule has 0 bridgehead atoms. The smallest absolute Gasteiger partial charge is 0.336 e. The minimum Gasteiger partial charge on any atom is -0.478 e. The van der Waals surface area contributed by atoms with E-state index in [0.717, 1.165) is 17.4 Å². The van der Waals surface area contributed by atoms with Crippen molar-refractivity contribution >= 4 is 15.8 Å². The van der Waals surface area contributed by atoms with Crippen LogP contribution >= 0.6 is 0 Å². The number of aryl methyl sites for hydroxylation is 3. The topological polar surface area (TPSA) is 80.7 Å². The number of carboxylic acid groups (broad SMARTS) is 1. The normalized spacial score (nSPS) is 11.3. The zero-order valence-corrected chi connectivity index (χ0v) is 14.9. The van der Waals surface area contributed by atoms with Crippen molar-refractivity contribution in [1.82, 2.24) is 0 Å². The molecule has 0 unspecified atom stereocenters. The summed E-state index contributed by atoms with van der Waals surface area (Å²) in [5, 5.41) is 9.31. The van der Waals surface area contributed by atoms with Gasteiger partial charge in [0, 0.05) is 6.26 Å². The van der Waals surface area contributed by atoms with E-state index in [-0.39, 0.29) is 16.2 Å². The number of ether oxygens (including phenoxy) is 1. The second-order valence-electron chi connectivity index (χ2n) is 5.76. The van der Waals surface area contributed by atoms with Crippen molar-refractivity contribution < 1.29 is 23.1 Å². The summed E-state index contributed by atoms with van der Waals surface area (Å²) >= 11 is 0. The molecular formula is C18H20O5S. The zero-order valence-electron chi connectivity index (χ0n) is 14.1. The lowest BCUT2D eigenvalue weighted by atomic mass is 10.0. The van der Waals surface area contributed by atoms with E-state index < -0.39 is 15.8 Å². The molecular weight excluding hydrogens is 328 g/mol. The largest absolute Gasteiger partial charge is 0.478 e. The molecule has 0 amide bonds. The second-order valence-corrected chi connectivity index (χ2v) is 7.74. The van der Waals surface area contributed by atoms with E-state index >= 15 is 0 Å². The highest BCUT2D eigenvalue weighted by molar-refractivity contribution is 7.90. The third kappa shape index (κ3) is 3.76. The maximum Gasteiger partial charge on any atom is 0.336 e. The summed E-state index contributed by atoms with van der Waals surface area (Å²) in [6.07, 6.45) is 1.49. The van der Waals surface area contributed by atoms with Crippen molar-refractivity contribution in [1.29, 1.82) is 0 Å². The summed E-state index contributed by atoms with van der Waals surface area (Å²) in [5.41, 5.74) is 2.44. The number of sulfone groups is 1. The monoisotopic (exact) mass is 348 g/mol. The van der Waals surface area contributed by atoms with Crippen LogP contribution in [0.1, 0.15) is 34.0 Å². The maximum absolute atomic E-state index is 12.1. The molecule has 0 atom stereocenters. The lowest BCUT2D eigenvalue weighted by Gasteiger charge is -2.15. The van der Waals surface area contributed by atoms with Crippen molar-refractivity contribution in [2.75, 3.05) is 6.26 Å². The maximum atomic E-state index is 12.1. The third-order valence-electron chi connectivity index (χ3n) is 3.73. The van der Waals surface area contributed by atoms with Crippen LogP contribution in [0.4, 0.5) is 0 Å². The fraction of sp³-hybridized carbons (Fsp3) is 0.278. The Morgan fingerprint density at radius 2 is 1.79 bits per heavy atom. The van der Waals surface area contributed by atoms with Crippen LogP contribution in [0.3, 0.4) is 0 Å². The lowest BCUT2D eigenvalue weighted by molar-refractivity contribution is 0.0695. The van der Waals surface area contributed by atoms with E-state index in [9.17, 15) is 18.3 Å². The number of aromatic carboxylic acids is 1. The van der Waals surface area contributed by atoms with Gasteiger partial charge >= 0.3 is 5.97 Å². The molecule has 0 spiro atoms. The molecule has 0 saturated heterocycles.